The molecule has 1 atom stereocenters. The Balaban J connectivity index is 3.00. The van der Waals surface area contributed by atoms with Crippen molar-refractivity contribution in [2.75, 3.05) is 14.1 Å². The summed E-state index contributed by atoms with van der Waals surface area (Å²) in [5.41, 5.74) is 0.868. The first-order chi connectivity index (χ1) is 6.52. The second kappa shape index (κ2) is 4.53. The van der Waals surface area contributed by atoms with E-state index in [1.807, 2.05) is 25.1 Å². The molecule has 0 aromatic carbocycles. The molecule has 0 aliphatic carbocycles. The average Bonchev–Trinajstić information content (AvgIpc) is 2.07. The van der Waals surface area contributed by atoms with E-state index in [4.69, 9.17) is 11.6 Å². The summed E-state index contributed by atoms with van der Waals surface area (Å²) in [6, 6.07) is 3.28. The lowest BCUT2D eigenvalue weighted by molar-refractivity contribution is -0.121. The molecular formula is C10H13ClN2O. The fraction of sp³-hybridized carbons (Fsp3) is 0.400. The van der Waals surface area contributed by atoms with Gasteiger partial charge >= 0.3 is 0 Å². The van der Waals surface area contributed by atoms with Gasteiger partial charge in [-0.25, -0.2) is 4.98 Å². The zero-order valence-corrected chi connectivity index (χ0v) is 9.25. The third-order valence-electron chi connectivity index (χ3n) is 1.97. The second-order valence-corrected chi connectivity index (χ2v) is 3.78. The van der Waals surface area contributed by atoms with E-state index in [2.05, 4.69) is 4.98 Å². The van der Waals surface area contributed by atoms with Crippen molar-refractivity contribution in [1.29, 1.82) is 0 Å². The minimum Gasteiger partial charge on any atom is -0.298 e. The van der Waals surface area contributed by atoms with Gasteiger partial charge in [0.2, 0.25) is 0 Å². The molecule has 1 rings (SSSR count). The lowest BCUT2D eigenvalue weighted by Gasteiger charge is -2.21. The van der Waals surface area contributed by atoms with Crippen molar-refractivity contribution in [2.24, 2.45) is 0 Å². The molecule has 0 saturated heterocycles. The molecule has 1 unspecified atom stereocenters. The number of halogens is 1. The molecular weight excluding hydrogens is 200 g/mol. The largest absolute Gasteiger partial charge is 0.298 e. The quantitative estimate of drug-likeness (QED) is 0.718. The van der Waals surface area contributed by atoms with Gasteiger partial charge in [-0.3, -0.25) is 9.69 Å². The molecule has 1 aromatic rings. The summed E-state index contributed by atoms with van der Waals surface area (Å²) >= 11 is 5.67. The first kappa shape index (κ1) is 11.1. The van der Waals surface area contributed by atoms with E-state index in [-0.39, 0.29) is 11.8 Å². The van der Waals surface area contributed by atoms with Gasteiger partial charge in [0.15, 0.2) is 5.78 Å². The van der Waals surface area contributed by atoms with Crippen molar-refractivity contribution in [3.63, 3.8) is 0 Å². The van der Waals surface area contributed by atoms with Crippen LogP contribution in [0.2, 0.25) is 5.15 Å². The van der Waals surface area contributed by atoms with Gasteiger partial charge in [0.25, 0.3) is 0 Å². The topological polar surface area (TPSA) is 33.2 Å². The van der Waals surface area contributed by atoms with Crippen molar-refractivity contribution in [1.82, 2.24) is 9.88 Å². The second-order valence-electron chi connectivity index (χ2n) is 3.39. The van der Waals surface area contributed by atoms with Gasteiger partial charge in [-0.15, -0.1) is 0 Å². The highest BCUT2D eigenvalue weighted by Crippen LogP contribution is 2.19. The van der Waals surface area contributed by atoms with Crippen LogP contribution in [-0.4, -0.2) is 29.8 Å². The highest BCUT2D eigenvalue weighted by Gasteiger charge is 2.18. The van der Waals surface area contributed by atoms with Crippen LogP contribution in [-0.2, 0) is 4.79 Å². The van der Waals surface area contributed by atoms with E-state index in [1.54, 1.807) is 19.2 Å². The Kier molecular flexibility index (Phi) is 3.61. The predicted octanol–water partition coefficient (Wildman–Crippen LogP) is 1.93. The number of hydrogen-bond donors (Lipinski definition) is 0. The minimum absolute atomic E-state index is 0.0964. The van der Waals surface area contributed by atoms with E-state index >= 15 is 0 Å². The smallest absolute Gasteiger partial charge is 0.151 e. The standard InChI is InChI=1S/C10H13ClN2O/c1-7(14)10(13(2)3)8-4-5-9(11)12-6-8/h4-6,10H,1-3H3. The maximum absolute atomic E-state index is 11.4. The normalized spacial score (nSPS) is 12.9. The van der Waals surface area contributed by atoms with Crippen LogP contribution in [0.25, 0.3) is 0 Å². The Morgan fingerprint density at radius 2 is 2.14 bits per heavy atom. The van der Waals surface area contributed by atoms with Crippen molar-refractivity contribution >= 4 is 17.4 Å². The molecule has 0 aliphatic rings. The lowest BCUT2D eigenvalue weighted by atomic mass is 10.1. The number of pyridine rings is 1. The molecule has 0 N–H and O–H groups in total. The number of aromatic nitrogens is 1. The summed E-state index contributed by atoms with van der Waals surface area (Å²) in [4.78, 5) is 17.2. The first-order valence-corrected chi connectivity index (χ1v) is 4.68. The van der Waals surface area contributed by atoms with Crippen LogP contribution in [0.5, 0.6) is 0 Å². The van der Waals surface area contributed by atoms with Gasteiger partial charge in [0.1, 0.15) is 5.15 Å². The number of nitrogens with zero attached hydrogens (tertiary/aromatic N) is 2. The molecule has 76 valence electrons. The Labute approximate surface area is 88.7 Å². The maximum atomic E-state index is 11.4. The molecule has 1 heterocycles. The van der Waals surface area contributed by atoms with Crippen LogP contribution < -0.4 is 0 Å². The highest BCUT2D eigenvalue weighted by molar-refractivity contribution is 6.29. The van der Waals surface area contributed by atoms with Gasteiger partial charge in [-0.05, 0) is 32.6 Å². The minimum atomic E-state index is -0.236. The van der Waals surface area contributed by atoms with Gasteiger partial charge in [-0.1, -0.05) is 17.7 Å². The first-order valence-electron chi connectivity index (χ1n) is 4.30. The molecule has 0 spiro atoms. The van der Waals surface area contributed by atoms with Crippen molar-refractivity contribution in [2.45, 2.75) is 13.0 Å². The molecule has 0 bridgehead atoms. The molecule has 0 amide bonds. The summed E-state index contributed by atoms with van der Waals surface area (Å²) in [6.07, 6.45) is 1.63. The molecule has 0 saturated carbocycles. The van der Waals surface area contributed by atoms with E-state index in [0.29, 0.717) is 5.15 Å². The molecule has 4 heteroatoms. The molecule has 0 aliphatic heterocycles. The fourth-order valence-electron chi connectivity index (χ4n) is 1.45. The predicted molar refractivity (Wildman–Crippen MR) is 56.4 cm³/mol. The zero-order valence-electron chi connectivity index (χ0n) is 8.49. The Morgan fingerprint density at radius 3 is 2.50 bits per heavy atom. The summed E-state index contributed by atoms with van der Waals surface area (Å²) in [6.45, 7) is 1.57. The number of carbonyl (C=O) groups is 1. The van der Waals surface area contributed by atoms with Crippen LogP contribution in [0, 0.1) is 0 Å². The van der Waals surface area contributed by atoms with Crippen LogP contribution in [0.1, 0.15) is 18.5 Å². The SMILES string of the molecule is CC(=O)C(c1ccc(Cl)nc1)N(C)C. The monoisotopic (exact) mass is 212 g/mol. The number of carbonyl (C=O) groups excluding carboxylic acids is 1. The van der Waals surface area contributed by atoms with Gasteiger partial charge in [0.05, 0.1) is 6.04 Å². The van der Waals surface area contributed by atoms with Crippen molar-refractivity contribution in [3.8, 4) is 0 Å². The van der Waals surface area contributed by atoms with Gasteiger partial charge in [-0.2, -0.15) is 0 Å². The molecule has 1 aromatic heterocycles. The molecule has 14 heavy (non-hydrogen) atoms. The number of hydrogen-bond acceptors (Lipinski definition) is 3. The summed E-state index contributed by atoms with van der Waals surface area (Å²) in [5, 5.41) is 0.440. The van der Waals surface area contributed by atoms with Crippen LogP contribution in [0.3, 0.4) is 0 Å². The fourth-order valence-corrected chi connectivity index (χ4v) is 1.56. The number of likely N-dealkylation sites (N-methyl/N-ethyl adjacent to an activating group) is 1. The van der Waals surface area contributed by atoms with Crippen LogP contribution in [0.15, 0.2) is 18.3 Å². The van der Waals surface area contributed by atoms with E-state index < -0.39 is 0 Å². The van der Waals surface area contributed by atoms with E-state index in [1.165, 1.54) is 0 Å². The van der Waals surface area contributed by atoms with Gasteiger partial charge in [0, 0.05) is 6.20 Å². The zero-order chi connectivity index (χ0) is 10.7. The summed E-state index contributed by atoms with van der Waals surface area (Å²) in [7, 11) is 3.72. The molecule has 0 radical (unpaired) electrons. The maximum Gasteiger partial charge on any atom is 0.151 e. The van der Waals surface area contributed by atoms with Crippen molar-refractivity contribution < 1.29 is 4.79 Å². The van der Waals surface area contributed by atoms with Crippen LogP contribution >= 0.6 is 11.6 Å². The lowest BCUT2D eigenvalue weighted by Crippen LogP contribution is -2.26. The third-order valence-corrected chi connectivity index (χ3v) is 2.19. The van der Waals surface area contributed by atoms with E-state index in [0.717, 1.165) is 5.56 Å². The number of Topliss-reactive ketones (excluding diaryl/α,β-unsaturated/α-hetero) is 1. The number of rotatable bonds is 3. The van der Waals surface area contributed by atoms with E-state index in [9.17, 15) is 4.79 Å². The van der Waals surface area contributed by atoms with Crippen LogP contribution in [0.4, 0.5) is 0 Å². The molecule has 3 nitrogen and oxygen atoms in total. The molecule has 0 fully saturated rings. The third kappa shape index (κ3) is 2.53. The Hall–Kier alpha value is -0.930. The van der Waals surface area contributed by atoms with Crippen molar-refractivity contribution in [3.05, 3.63) is 29.0 Å². The average molecular weight is 213 g/mol. The van der Waals surface area contributed by atoms with Gasteiger partial charge < -0.3 is 0 Å². The Bertz CT molecular complexity index is 321. The number of ketones is 1. The highest BCUT2D eigenvalue weighted by atomic mass is 35.5. The summed E-state index contributed by atoms with van der Waals surface area (Å²) in [5.74, 6) is 0.0964. The Morgan fingerprint density at radius 1 is 1.50 bits per heavy atom. The summed E-state index contributed by atoms with van der Waals surface area (Å²) < 4.78 is 0.